The van der Waals surface area contributed by atoms with E-state index in [0.29, 0.717) is 11.7 Å². The van der Waals surface area contributed by atoms with Crippen molar-refractivity contribution < 1.29 is 0 Å². The van der Waals surface area contributed by atoms with Crippen LogP contribution in [0.25, 0.3) is 5.65 Å². The van der Waals surface area contributed by atoms with Gasteiger partial charge in [-0.25, -0.2) is 4.98 Å². The average molecular weight is 322 g/mol. The van der Waals surface area contributed by atoms with Crippen LogP contribution in [0.5, 0.6) is 0 Å². The predicted molar refractivity (Wildman–Crippen MR) is 93.6 cm³/mol. The maximum Gasteiger partial charge on any atom is 0.157 e. The van der Waals surface area contributed by atoms with Gasteiger partial charge in [0.05, 0.1) is 11.4 Å². The van der Waals surface area contributed by atoms with E-state index in [0.717, 1.165) is 43.1 Å². The molecule has 1 aliphatic rings. The summed E-state index contributed by atoms with van der Waals surface area (Å²) in [6.45, 7) is 5.06. The van der Waals surface area contributed by atoms with Crippen LogP contribution in [0.2, 0.25) is 0 Å². The van der Waals surface area contributed by atoms with Crippen LogP contribution in [0.1, 0.15) is 35.7 Å². The molecular formula is C18H22N6. The minimum Gasteiger partial charge on any atom is -0.384 e. The summed E-state index contributed by atoms with van der Waals surface area (Å²) in [5.74, 6) is 1.08. The van der Waals surface area contributed by atoms with Gasteiger partial charge >= 0.3 is 0 Å². The van der Waals surface area contributed by atoms with Crippen molar-refractivity contribution in [2.45, 2.75) is 32.2 Å². The van der Waals surface area contributed by atoms with E-state index in [-0.39, 0.29) is 0 Å². The summed E-state index contributed by atoms with van der Waals surface area (Å²) in [5, 5.41) is 4.38. The lowest BCUT2D eigenvalue weighted by atomic mass is 9.94. The van der Waals surface area contributed by atoms with Gasteiger partial charge in [0.1, 0.15) is 5.82 Å². The van der Waals surface area contributed by atoms with Crippen LogP contribution in [0.3, 0.4) is 0 Å². The van der Waals surface area contributed by atoms with E-state index in [2.05, 4.69) is 27.1 Å². The van der Waals surface area contributed by atoms with Gasteiger partial charge in [-0.05, 0) is 44.0 Å². The van der Waals surface area contributed by atoms with E-state index in [4.69, 9.17) is 10.7 Å². The number of pyridine rings is 1. The summed E-state index contributed by atoms with van der Waals surface area (Å²) in [5.41, 5.74) is 10.3. The molecule has 0 aromatic carbocycles. The fraction of sp³-hybridized carbons (Fsp3) is 0.389. The molecule has 6 heteroatoms. The Morgan fingerprint density at radius 3 is 2.92 bits per heavy atom. The normalized spacial score (nSPS) is 19.0. The highest BCUT2D eigenvalue weighted by Gasteiger charge is 2.23. The second kappa shape index (κ2) is 6.20. The molecule has 24 heavy (non-hydrogen) atoms. The molecule has 0 aliphatic carbocycles. The molecule has 124 valence electrons. The van der Waals surface area contributed by atoms with Crippen molar-refractivity contribution in [3.8, 4) is 0 Å². The molecule has 0 spiro atoms. The highest BCUT2D eigenvalue weighted by atomic mass is 15.3. The zero-order valence-corrected chi connectivity index (χ0v) is 13.9. The SMILES string of the molecule is Cc1cc2nc([C@@H]3CCCN(Cc4ccncc4)C3)cc(N)n2n1. The second-order valence-corrected chi connectivity index (χ2v) is 6.59. The van der Waals surface area contributed by atoms with Gasteiger partial charge in [0.15, 0.2) is 5.65 Å². The molecule has 3 aromatic heterocycles. The Morgan fingerprint density at radius 2 is 2.08 bits per heavy atom. The molecule has 4 rings (SSSR count). The van der Waals surface area contributed by atoms with Crippen molar-refractivity contribution in [3.63, 3.8) is 0 Å². The van der Waals surface area contributed by atoms with Gasteiger partial charge in [-0.15, -0.1) is 0 Å². The van der Waals surface area contributed by atoms with Crippen LogP contribution in [-0.2, 0) is 6.54 Å². The van der Waals surface area contributed by atoms with Crippen molar-refractivity contribution >= 4 is 11.5 Å². The maximum atomic E-state index is 6.18. The van der Waals surface area contributed by atoms with E-state index >= 15 is 0 Å². The van der Waals surface area contributed by atoms with Crippen LogP contribution < -0.4 is 5.73 Å². The number of nitrogens with zero attached hydrogens (tertiary/aromatic N) is 5. The largest absolute Gasteiger partial charge is 0.384 e. The van der Waals surface area contributed by atoms with Crippen molar-refractivity contribution in [3.05, 3.63) is 53.6 Å². The number of aryl methyl sites for hydroxylation is 1. The molecule has 0 bridgehead atoms. The van der Waals surface area contributed by atoms with Gasteiger partial charge in [0.25, 0.3) is 0 Å². The molecule has 0 amide bonds. The summed E-state index contributed by atoms with van der Waals surface area (Å²) in [6, 6.07) is 8.14. The fourth-order valence-corrected chi connectivity index (χ4v) is 3.53. The van der Waals surface area contributed by atoms with Gasteiger partial charge in [0.2, 0.25) is 0 Å². The molecule has 1 saturated heterocycles. The zero-order valence-electron chi connectivity index (χ0n) is 13.9. The number of nitrogen functional groups attached to an aromatic ring is 1. The molecule has 1 fully saturated rings. The number of hydrogen-bond donors (Lipinski definition) is 1. The van der Waals surface area contributed by atoms with E-state index in [9.17, 15) is 0 Å². The van der Waals surface area contributed by atoms with Crippen LogP contribution >= 0.6 is 0 Å². The molecule has 0 unspecified atom stereocenters. The van der Waals surface area contributed by atoms with E-state index in [1.165, 1.54) is 12.0 Å². The first-order chi connectivity index (χ1) is 11.7. The summed E-state index contributed by atoms with van der Waals surface area (Å²) in [7, 11) is 0. The summed E-state index contributed by atoms with van der Waals surface area (Å²) in [4.78, 5) is 11.4. The van der Waals surface area contributed by atoms with Crippen LogP contribution in [0.4, 0.5) is 5.82 Å². The zero-order chi connectivity index (χ0) is 16.5. The van der Waals surface area contributed by atoms with Gasteiger partial charge in [-0.2, -0.15) is 9.61 Å². The first-order valence-corrected chi connectivity index (χ1v) is 8.43. The first-order valence-electron chi connectivity index (χ1n) is 8.43. The Kier molecular flexibility index (Phi) is 3.90. The van der Waals surface area contributed by atoms with Gasteiger partial charge in [-0.3, -0.25) is 9.88 Å². The third-order valence-corrected chi connectivity index (χ3v) is 4.68. The smallest absolute Gasteiger partial charge is 0.157 e. The van der Waals surface area contributed by atoms with Crippen molar-refractivity contribution in [1.29, 1.82) is 0 Å². The summed E-state index contributed by atoms with van der Waals surface area (Å²) in [6.07, 6.45) is 6.05. The Hall–Kier alpha value is -2.47. The van der Waals surface area contributed by atoms with E-state index in [1.807, 2.05) is 31.5 Å². The molecular weight excluding hydrogens is 300 g/mol. The third-order valence-electron chi connectivity index (χ3n) is 4.68. The van der Waals surface area contributed by atoms with Crippen molar-refractivity contribution in [2.24, 2.45) is 0 Å². The first kappa shape index (κ1) is 15.1. The number of rotatable bonds is 3. The number of likely N-dealkylation sites (tertiary alicyclic amines) is 1. The van der Waals surface area contributed by atoms with E-state index < -0.39 is 0 Å². The lowest BCUT2D eigenvalue weighted by Gasteiger charge is -2.32. The second-order valence-electron chi connectivity index (χ2n) is 6.59. The quantitative estimate of drug-likeness (QED) is 0.801. The summed E-state index contributed by atoms with van der Waals surface area (Å²) >= 11 is 0. The third kappa shape index (κ3) is 2.97. The topological polar surface area (TPSA) is 72.3 Å². The predicted octanol–water partition coefficient (Wildman–Crippen LogP) is 2.39. The molecule has 3 aromatic rings. The average Bonchev–Trinajstić information content (AvgIpc) is 2.97. The Labute approximate surface area is 141 Å². The van der Waals surface area contributed by atoms with Crippen molar-refractivity contribution in [1.82, 2.24) is 24.5 Å². The van der Waals surface area contributed by atoms with Gasteiger partial charge < -0.3 is 5.73 Å². The van der Waals surface area contributed by atoms with Crippen LogP contribution in [-0.4, -0.2) is 37.6 Å². The minimum atomic E-state index is 0.420. The monoisotopic (exact) mass is 322 g/mol. The molecule has 0 radical (unpaired) electrons. The Balaban J connectivity index is 1.55. The number of fused-ring (bicyclic) bond motifs is 1. The number of anilines is 1. The number of piperidine rings is 1. The lowest BCUT2D eigenvalue weighted by Crippen LogP contribution is -2.34. The Bertz CT molecular complexity index is 841. The molecule has 2 N–H and O–H groups in total. The number of nitrogens with two attached hydrogens (primary N) is 1. The lowest BCUT2D eigenvalue weighted by molar-refractivity contribution is 0.198. The van der Waals surface area contributed by atoms with E-state index in [1.54, 1.807) is 4.52 Å². The molecule has 1 aliphatic heterocycles. The number of aromatic nitrogens is 4. The fourth-order valence-electron chi connectivity index (χ4n) is 3.53. The Morgan fingerprint density at radius 1 is 1.25 bits per heavy atom. The standard InChI is InChI=1S/C18H22N6/c1-13-9-18-21-16(10-17(19)24(18)22-13)15-3-2-8-23(12-15)11-14-4-6-20-7-5-14/h4-7,9-10,15H,2-3,8,11-12,19H2,1H3/t15-/m1/s1. The van der Waals surface area contributed by atoms with Crippen LogP contribution in [0.15, 0.2) is 36.7 Å². The van der Waals surface area contributed by atoms with Gasteiger partial charge in [-0.1, -0.05) is 0 Å². The molecule has 0 saturated carbocycles. The molecule has 6 nitrogen and oxygen atoms in total. The minimum absolute atomic E-state index is 0.420. The molecule has 1 atom stereocenters. The summed E-state index contributed by atoms with van der Waals surface area (Å²) < 4.78 is 1.72. The maximum absolute atomic E-state index is 6.18. The molecule has 4 heterocycles. The van der Waals surface area contributed by atoms with Gasteiger partial charge in [0, 0.05) is 43.5 Å². The highest BCUT2D eigenvalue weighted by molar-refractivity contribution is 5.48. The number of hydrogen-bond acceptors (Lipinski definition) is 5. The van der Waals surface area contributed by atoms with Crippen LogP contribution in [0, 0.1) is 6.92 Å². The highest BCUT2D eigenvalue weighted by Crippen LogP contribution is 2.28. The van der Waals surface area contributed by atoms with Crippen molar-refractivity contribution in [2.75, 3.05) is 18.8 Å².